The number of para-hydroxylation sites is 1. The number of carbonyl (C=O) groups is 1. The smallest absolute Gasteiger partial charge is 0.416 e. The Morgan fingerprint density at radius 1 is 0.972 bits per heavy atom. The topological polar surface area (TPSA) is 122 Å². The van der Waals surface area contributed by atoms with Crippen LogP contribution in [0.2, 0.25) is 0 Å². The molecule has 0 aliphatic carbocycles. The highest BCUT2D eigenvalue weighted by Gasteiger charge is 2.39. The predicted octanol–water partition coefficient (Wildman–Crippen LogP) is 6.98. The van der Waals surface area contributed by atoms with Crippen LogP contribution in [0, 0.1) is 20.2 Å². The zero-order valence-electron chi connectivity index (χ0n) is 18.1. The van der Waals surface area contributed by atoms with Crippen molar-refractivity contribution in [1.29, 1.82) is 0 Å². The Morgan fingerprint density at radius 2 is 1.56 bits per heavy atom. The van der Waals surface area contributed by atoms with Crippen molar-refractivity contribution in [3.63, 3.8) is 0 Å². The van der Waals surface area contributed by atoms with Crippen molar-refractivity contribution in [3.05, 3.63) is 102 Å². The third-order valence-electron chi connectivity index (χ3n) is 4.76. The van der Waals surface area contributed by atoms with E-state index in [2.05, 4.69) is 15.9 Å². The predicted molar refractivity (Wildman–Crippen MR) is 125 cm³/mol. The summed E-state index contributed by atoms with van der Waals surface area (Å²) in [5, 5.41) is 23.0. The quantitative estimate of drug-likeness (QED) is 0.125. The number of nitro benzene ring substituents is 2. The Kier molecular flexibility index (Phi) is 7.73. The SMILES string of the molecule is COc1ccc(C(=O)/C=C/c2cccc(Br)c2Oc2c([N+](=O)[O-])cc(C(F)(F)F)cc2[N+](=O)[O-])cc1. The molecule has 0 radical (unpaired) electrons. The molecule has 0 atom stereocenters. The van der Waals surface area contributed by atoms with Gasteiger partial charge >= 0.3 is 17.6 Å². The van der Waals surface area contributed by atoms with Gasteiger partial charge in [-0.15, -0.1) is 0 Å². The van der Waals surface area contributed by atoms with E-state index in [1.54, 1.807) is 12.1 Å². The van der Waals surface area contributed by atoms with E-state index in [1.165, 1.54) is 49.6 Å². The van der Waals surface area contributed by atoms with Crippen molar-refractivity contribution >= 4 is 39.2 Å². The molecule has 0 bridgehead atoms. The van der Waals surface area contributed by atoms with E-state index < -0.39 is 44.5 Å². The van der Waals surface area contributed by atoms with Crippen LogP contribution in [0.15, 0.2) is 65.1 Å². The largest absolute Gasteiger partial charge is 0.497 e. The van der Waals surface area contributed by atoms with E-state index >= 15 is 0 Å². The fourth-order valence-corrected chi connectivity index (χ4v) is 3.48. The molecule has 0 saturated heterocycles. The maximum absolute atomic E-state index is 13.2. The fourth-order valence-electron chi connectivity index (χ4n) is 3.02. The Morgan fingerprint density at radius 3 is 2.06 bits per heavy atom. The van der Waals surface area contributed by atoms with Crippen LogP contribution >= 0.6 is 15.9 Å². The third-order valence-corrected chi connectivity index (χ3v) is 5.39. The van der Waals surface area contributed by atoms with Gasteiger partial charge in [0.25, 0.3) is 5.75 Å². The van der Waals surface area contributed by atoms with E-state index in [0.717, 1.165) is 0 Å². The van der Waals surface area contributed by atoms with Crippen LogP contribution in [0.1, 0.15) is 21.5 Å². The number of nitrogens with zero attached hydrogens (tertiary/aromatic N) is 2. The van der Waals surface area contributed by atoms with Gasteiger partial charge in [0.05, 0.1) is 27.0 Å². The van der Waals surface area contributed by atoms with Crippen LogP contribution in [0.25, 0.3) is 6.08 Å². The van der Waals surface area contributed by atoms with Crippen molar-refractivity contribution in [2.45, 2.75) is 6.18 Å². The van der Waals surface area contributed by atoms with Crippen LogP contribution in [0.3, 0.4) is 0 Å². The van der Waals surface area contributed by atoms with Gasteiger partial charge in [-0.2, -0.15) is 13.2 Å². The summed E-state index contributed by atoms with van der Waals surface area (Å²) >= 11 is 3.16. The number of nitro groups is 2. The summed E-state index contributed by atoms with van der Waals surface area (Å²) in [6.45, 7) is 0. The summed E-state index contributed by atoms with van der Waals surface area (Å²) in [4.78, 5) is 33.1. The van der Waals surface area contributed by atoms with Gasteiger partial charge in [0.1, 0.15) is 11.5 Å². The van der Waals surface area contributed by atoms with Gasteiger partial charge in [0.2, 0.25) is 0 Å². The molecule has 36 heavy (non-hydrogen) atoms. The molecule has 3 aromatic carbocycles. The number of hydrogen-bond donors (Lipinski definition) is 0. The Labute approximate surface area is 209 Å². The molecule has 3 rings (SSSR count). The van der Waals surface area contributed by atoms with Crippen LogP contribution in [0.5, 0.6) is 17.2 Å². The van der Waals surface area contributed by atoms with Gasteiger partial charge in [-0.1, -0.05) is 12.1 Å². The standard InChI is InChI=1S/C23H14BrF3N2O7/c1-35-16-8-5-13(6-9-16)20(30)10-7-14-3-2-4-17(24)21(14)36-22-18(28(31)32)11-15(23(25,26)27)12-19(22)29(33)34/h2-12H,1H3/b10-7+. The first kappa shape index (κ1) is 26.3. The lowest BCUT2D eigenvalue weighted by Gasteiger charge is -2.13. The zero-order valence-corrected chi connectivity index (χ0v) is 19.7. The van der Waals surface area contributed by atoms with E-state index in [9.17, 15) is 38.2 Å². The van der Waals surface area contributed by atoms with E-state index in [4.69, 9.17) is 9.47 Å². The number of ketones is 1. The molecule has 0 unspecified atom stereocenters. The lowest BCUT2D eigenvalue weighted by Crippen LogP contribution is -2.08. The second-order valence-electron chi connectivity index (χ2n) is 7.04. The molecular formula is C23H14BrF3N2O7. The summed E-state index contributed by atoms with van der Waals surface area (Å²) in [7, 11) is 1.47. The van der Waals surface area contributed by atoms with Crippen LogP contribution in [-0.4, -0.2) is 22.7 Å². The molecule has 3 aromatic rings. The summed E-state index contributed by atoms with van der Waals surface area (Å²) < 4.78 is 50.2. The van der Waals surface area contributed by atoms with Gasteiger partial charge < -0.3 is 9.47 Å². The minimum atomic E-state index is -5.07. The molecule has 0 saturated carbocycles. The van der Waals surface area contributed by atoms with E-state index in [0.29, 0.717) is 11.3 Å². The highest BCUT2D eigenvalue weighted by atomic mass is 79.9. The molecule has 9 nitrogen and oxygen atoms in total. The number of halogens is 4. The molecule has 0 spiro atoms. The number of benzene rings is 3. The Hall–Kier alpha value is -4.26. The number of methoxy groups -OCH3 is 1. The maximum atomic E-state index is 13.2. The zero-order chi connectivity index (χ0) is 26.6. The highest BCUT2D eigenvalue weighted by Crippen LogP contribution is 2.46. The first-order valence-corrected chi connectivity index (χ1v) is 10.6. The van der Waals surface area contributed by atoms with Gasteiger partial charge in [0, 0.05) is 23.3 Å². The maximum Gasteiger partial charge on any atom is 0.416 e. The Balaban J connectivity index is 2.07. The minimum Gasteiger partial charge on any atom is -0.497 e. The van der Waals surface area contributed by atoms with Crippen molar-refractivity contribution in [3.8, 4) is 17.2 Å². The monoisotopic (exact) mass is 566 g/mol. The number of alkyl halides is 3. The molecule has 0 heterocycles. The second-order valence-corrected chi connectivity index (χ2v) is 7.90. The summed E-state index contributed by atoms with van der Waals surface area (Å²) in [6, 6.07) is 10.9. The lowest BCUT2D eigenvalue weighted by molar-refractivity contribution is -0.396. The van der Waals surface area contributed by atoms with Gasteiger partial charge in [0.15, 0.2) is 5.78 Å². The van der Waals surface area contributed by atoms with Gasteiger partial charge in [-0.3, -0.25) is 25.0 Å². The molecule has 0 fully saturated rings. The normalized spacial score (nSPS) is 11.4. The number of ether oxygens (including phenoxy) is 2. The third kappa shape index (κ3) is 5.86. The number of carbonyl (C=O) groups excluding carboxylic acids is 1. The van der Waals surface area contributed by atoms with Crippen molar-refractivity contribution in [1.82, 2.24) is 0 Å². The molecule has 0 aromatic heterocycles. The van der Waals surface area contributed by atoms with E-state index in [-0.39, 0.29) is 27.9 Å². The van der Waals surface area contributed by atoms with E-state index in [1.807, 2.05) is 0 Å². The van der Waals surface area contributed by atoms with Crippen LogP contribution in [-0.2, 0) is 6.18 Å². The first-order valence-electron chi connectivity index (χ1n) is 9.79. The Bertz CT molecular complexity index is 1340. The molecule has 13 heteroatoms. The molecule has 0 N–H and O–H groups in total. The molecule has 0 amide bonds. The summed E-state index contributed by atoms with van der Waals surface area (Å²) in [6.07, 6.45) is -2.60. The van der Waals surface area contributed by atoms with Crippen molar-refractivity contribution < 1.29 is 37.3 Å². The van der Waals surface area contributed by atoms with Crippen LogP contribution < -0.4 is 9.47 Å². The van der Waals surface area contributed by atoms with Crippen molar-refractivity contribution in [2.75, 3.05) is 7.11 Å². The van der Waals surface area contributed by atoms with Gasteiger partial charge in [-0.05, 0) is 58.4 Å². The lowest BCUT2D eigenvalue weighted by atomic mass is 10.1. The minimum absolute atomic E-state index is 0.155. The summed E-state index contributed by atoms with van der Waals surface area (Å²) in [5.41, 5.74) is -3.60. The highest BCUT2D eigenvalue weighted by molar-refractivity contribution is 9.10. The number of hydrogen-bond acceptors (Lipinski definition) is 7. The van der Waals surface area contributed by atoms with Crippen molar-refractivity contribution in [2.24, 2.45) is 0 Å². The van der Waals surface area contributed by atoms with Crippen LogP contribution in [0.4, 0.5) is 24.5 Å². The molecular weight excluding hydrogens is 553 g/mol. The fraction of sp³-hybridized carbons (Fsp3) is 0.0870. The van der Waals surface area contributed by atoms with Gasteiger partial charge in [-0.25, -0.2) is 0 Å². The average molecular weight is 567 g/mol. The number of rotatable bonds is 8. The number of allylic oxidation sites excluding steroid dienone is 1. The molecule has 0 aliphatic heterocycles. The molecule has 0 aliphatic rings. The average Bonchev–Trinajstić information content (AvgIpc) is 2.83. The first-order chi connectivity index (χ1) is 16.9. The molecule has 186 valence electrons. The second kappa shape index (κ2) is 10.6. The summed E-state index contributed by atoms with van der Waals surface area (Å²) in [5.74, 6) is -1.07.